The van der Waals surface area contributed by atoms with E-state index >= 15 is 0 Å². The van der Waals surface area contributed by atoms with E-state index < -0.39 is 35.0 Å². The van der Waals surface area contributed by atoms with Crippen molar-refractivity contribution in [2.75, 3.05) is 6.61 Å². The predicted molar refractivity (Wildman–Crippen MR) is 115 cm³/mol. The number of ketones is 1. The van der Waals surface area contributed by atoms with E-state index in [1.54, 1.807) is 24.3 Å². The molecule has 6 nitrogen and oxygen atoms in total. The van der Waals surface area contributed by atoms with Gasteiger partial charge in [-0.1, -0.05) is 48.9 Å². The van der Waals surface area contributed by atoms with Crippen LogP contribution in [0.1, 0.15) is 64.6 Å². The second-order valence-electron chi connectivity index (χ2n) is 9.39. The van der Waals surface area contributed by atoms with Gasteiger partial charge < -0.3 is 14.2 Å². The van der Waals surface area contributed by atoms with Crippen molar-refractivity contribution in [1.82, 2.24) is 0 Å². The highest BCUT2D eigenvalue weighted by molar-refractivity contribution is 6.04. The van der Waals surface area contributed by atoms with Gasteiger partial charge in [-0.3, -0.25) is 9.59 Å². The fourth-order valence-electron chi connectivity index (χ4n) is 5.71. The molecule has 3 aliphatic rings. The molecule has 0 amide bonds. The van der Waals surface area contributed by atoms with Crippen molar-refractivity contribution < 1.29 is 28.6 Å². The molecule has 0 unspecified atom stereocenters. The summed E-state index contributed by atoms with van der Waals surface area (Å²) in [6.45, 7) is 5.27. The first kappa shape index (κ1) is 20.9. The van der Waals surface area contributed by atoms with E-state index in [9.17, 15) is 14.4 Å². The van der Waals surface area contributed by atoms with Gasteiger partial charge in [0.25, 0.3) is 0 Å². The minimum absolute atomic E-state index is 0.0284. The summed E-state index contributed by atoms with van der Waals surface area (Å²) in [5.74, 6) is -1.29. The van der Waals surface area contributed by atoms with Crippen molar-refractivity contribution in [3.63, 3.8) is 0 Å². The Morgan fingerprint density at radius 3 is 2.62 bits per heavy atom. The van der Waals surface area contributed by atoms with Gasteiger partial charge in [0.2, 0.25) is 0 Å². The predicted octanol–water partition coefficient (Wildman–Crippen LogP) is 4.21. The number of aryl methyl sites for hydroxylation is 1. The number of rotatable bonds is 4. The van der Waals surface area contributed by atoms with E-state index in [4.69, 9.17) is 14.2 Å². The number of ether oxygens (including phenoxy) is 3. The van der Waals surface area contributed by atoms with Crippen LogP contribution in [0.5, 0.6) is 0 Å². The van der Waals surface area contributed by atoms with Gasteiger partial charge in [-0.25, -0.2) is 4.79 Å². The van der Waals surface area contributed by atoms with Crippen molar-refractivity contribution in [2.24, 2.45) is 11.3 Å². The molecular weight excluding hydrogens is 408 g/mol. The van der Waals surface area contributed by atoms with Crippen molar-refractivity contribution in [3.05, 3.63) is 70.8 Å². The van der Waals surface area contributed by atoms with E-state index in [-0.39, 0.29) is 18.5 Å². The average Bonchev–Trinajstić information content (AvgIpc) is 3.50. The zero-order valence-corrected chi connectivity index (χ0v) is 18.4. The van der Waals surface area contributed by atoms with Crippen molar-refractivity contribution in [3.8, 4) is 0 Å². The van der Waals surface area contributed by atoms with Crippen LogP contribution in [-0.2, 0) is 19.0 Å². The standard InChI is InChI=1S/C26H26O6/c1-15-9-10-18-19(13-15)21(31-24(29)17-7-5-4-6-8-17)22-25(3,23(18)28)12-11-20-26(22,32-20)14-30-16(2)27/h4-10,13,20-22H,11-12,14H2,1-3H3/t20-,21-,22+,25+,26-/m0/s1. The molecule has 1 aliphatic heterocycles. The minimum atomic E-state index is -0.836. The SMILES string of the molecule is CC(=O)OC[C@]12O[C@H]1CC[C@@]1(C)C(=O)c3ccc(C)cc3[C@H](OC(=O)c3ccccc3)[C@@H]21. The van der Waals surface area contributed by atoms with Crippen LogP contribution in [0.4, 0.5) is 0 Å². The summed E-state index contributed by atoms with van der Waals surface area (Å²) < 4.78 is 17.7. The third kappa shape index (κ3) is 3.08. The molecule has 2 aliphatic carbocycles. The van der Waals surface area contributed by atoms with Gasteiger partial charge in [-0.05, 0) is 31.9 Å². The number of carbonyl (C=O) groups excluding carboxylic acids is 3. The Morgan fingerprint density at radius 2 is 1.91 bits per heavy atom. The van der Waals surface area contributed by atoms with Crippen LogP contribution < -0.4 is 0 Å². The molecule has 1 heterocycles. The summed E-state index contributed by atoms with van der Waals surface area (Å²) in [5, 5.41) is 0. The van der Waals surface area contributed by atoms with Crippen LogP contribution in [0.15, 0.2) is 48.5 Å². The molecule has 2 aromatic rings. The molecule has 2 aromatic carbocycles. The largest absolute Gasteiger partial charge is 0.463 e. The molecule has 0 radical (unpaired) electrons. The van der Waals surface area contributed by atoms with E-state index in [0.717, 1.165) is 5.56 Å². The minimum Gasteiger partial charge on any atom is -0.463 e. The van der Waals surface area contributed by atoms with Crippen molar-refractivity contribution in [1.29, 1.82) is 0 Å². The van der Waals surface area contributed by atoms with Gasteiger partial charge >= 0.3 is 11.9 Å². The number of fused-ring (bicyclic) bond motifs is 4. The van der Waals surface area contributed by atoms with Gasteiger partial charge in [0.05, 0.1) is 11.7 Å². The number of hydrogen-bond donors (Lipinski definition) is 0. The van der Waals surface area contributed by atoms with E-state index in [1.807, 2.05) is 38.1 Å². The second kappa shape index (κ2) is 7.27. The third-order valence-electron chi connectivity index (χ3n) is 7.31. The van der Waals surface area contributed by atoms with Gasteiger partial charge in [0, 0.05) is 29.4 Å². The van der Waals surface area contributed by atoms with E-state index in [2.05, 4.69) is 0 Å². The summed E-state index contributed by atoms with van der Waals surface area (Å²) in [7, 11) is 0. The maximum Gasteiger partial charge on any atom is 0.338 e. The topological polar surface area (TPSA) is 82.2 Å². The van der Waals surface area contributed by atoms with Crippen LogP contribution >= 0.6 is 0 Å². The zero-order chi connectivity index (χ0) is 22.7. The maximum atomic E-state index is 13.7. The summed E-state index contributed by atoms with van der Waals surface area (Å²) in [4.78, 5) is 38.5. The monoisotopic (exact) mass is 434 g/mol. The van der Waals surface area contributed by atoms with Crippen LogP contribution in [0.25, 0.3) is 0 Å². The second-order valence-corrected chi connectivity index (χ2v) is 9.39. The van der Waals surface area contributed by atoms with E-state index in [0.29, 0.717) is 29.5 Å². The average molecular weight is 434 g/mol. The summed E-state index contributed by atoms with van der Waals surface area (Å²) >= 11 is 0. The van der Waals surface area contributed by atoms with Gasteiger partial charge in [0.15, 0.2) is 5.78 Å². The lowest BCUT2D eigenvalue weighted by Gasteiger charge is -2.49. The summed E-state index contributed by atoms with van der Waals surface area (Å²) in [5.41, 5.74) is 1.06. The number of benzene rings is 2. The quantitative estimate of drug-likeness (QED) is 0.530. The fraction of sp³-hybridized carbons (Fsp3) is 0.423. The molecule has 0 N–H and O–H groups in total. The lowest BCUT2D eigenvalue weighted by molar-refractivity contribution is -0.146. The Labute approximate surface area is 186 Å². The maximum absolute atomic E-state index is 13.7. The number of hydrogen-bond acceptors (Lipinski definition) is 6. The Balaban J connectivity index is 1.63. The normalized spacial score (nSPS) is 32.2. The molecule has 5 atom stereocenters. The smallest absolute Gasteiger partial charge is 0.338 e. The van der Waals surface area contributed by atoms with E-state index in [1.165, 1.54) is 6.92 Å². The highest BCUT2D eigenvalue weighted by Crippen LogP contribution is 2.65. The van der Waals surface area contributed by atoms with Crippen molar-refractivity contribution >= 4 is 17.7 Å². The van der Waals surface area contributed by atoms with Gasteiger partial charge in [-0.2, -0.15) is 0 Å². The number of epoxide rings is 1. The Kier molecular flexibility index (Phi) is 4.75. The molecule has 5 rings (SSSR count). The molecular formula is C26H26O6. The number of esters is 2. The third-order valence-corrected chi connectivity index (χ3v) is 7.31. The zero-order valence-electron chi connectivity index (χ0n) is 18.4. The molecule has 0 bridgehead atoms. The number of carbonyl (C=O) groups is 3. The molecule has 32 heavy (non-hydrogen) atoms. The first-order chi connectivity index (χ1) is 15.3. The molecule has 1 saturated heterocycles. The summed E-state index contributed by atoms with van der Waals surface area (Å²) in [6, 6.07) is 14.5. The lowest BCUT2D eigenvalue weighted by atomic mass is 9.53. The highest BCUT2D eigenvalue weighted by atomic mass is 16.6. The Morgan fingerprint density at radius 1 is 1.16 bits per heavy atom. The van der Waals surface area contributed by atoms with Crippen LogP contribution in [0.2, 0.25) is 0 Å². The lowest BCUT2D eigenvalue weighted by Crippen LogP contribution is -2.56. The van der Waals surface area contributed by atoms with Crippen LogP contribution in [0, 0.1) is 18.3 Å². The fourth-order valence-corrected chi connectivity index (χ4v) is 5.71. The summed E-state index contributed by atoms with van der Waals surface area (Å²) in [6.07, 6.45) is 0.495. The molecule has 166 valence electrons. The number of Topliss-reactive ketones (excluding diaryl/α,β-unsaturated/α-hetero) is 1. The van der Waals surface area contributed by atoms with Crippen LogP contribution in [-0.4, -0.2) is 36.0 Å². The first-order valence-corrected chi connectivity index (χ1v) is 11.0. The molecule has 1 saturated carbocycles. The first-order valence-electron chi connectivity index (χ1n) is 11.0. The molecule has 0 aromatic heterocycles. The molecule has 6 heteroatoms. The van der Waals surface area contributed by atoms with Gasteiger partial charge in [0.1, 0.15) is 18.3 Å². The Hall–Kier alpha value is -2.99. The van der Waals surface area contributed by atoms with Gasteiger partial charge in [-0.15, -0.1) is 0 Å². The molecule has 0 spiro atoms. The molecule has 2 fully saturated rings. The Bertz CT molecular complexity index is 1110. The van der Waals surface area contributed by atoms with Crippen molar-refractivity contribution in [2.45, 2.75) is 51.4 Å². The van der Waals surface area contributed by atoms with Crippen LogP contribution in [0.3, 0.4) is 0 Å². The highest BCUT2D eigenvalue weighted by Gasteiger charge is 2.74.